The molecule has 0 aliphatic carbocycles. The van der Waals surface area contributed by atoms with E-state index < -0.39 is 51.2 Å². The molecule has 0 amide bonds. The Bertz CT molecular complexity index is 1040. The third-order valence-corrected chi connectivity index (χ3v) is 6.43. The molecule has 5 atom stereocenters. The molecule has 0 saturated carbocycles. The molecule has 0 radical (unpaired) electrons. The number of phosphoric acid groups is 1. The number of nitrogens with zero attached hydrogens (tertiary/aromatic N) is 3. The van der Waals surface area contributed by atoms with Crippen molar-refractivity contribution in [1.29, 1.82) is 0 Å². The number of hydrogen-bond acceptors (Lipinski definition) is 11. The maximum atomic E-state index is 11.8. The van der Waals surface area contributed by atoms with E-state index >= 15 is 0 Å². The molecule has 2 aromatic heterocycles. The van der Waals surface area contributed by atoms with Gasteiger partial charge < -0.3 is 35.4 Å². The Hall–Kier alpha value is -1.29. The van der Waals surface area contributed by atoms with Gasteiger partial charge in [0.15, 0.2) is 17.4 Å². The first-order valence-corrected chi connectivity index (χ1v) is 11.5. The first-order chi connectivity index (χ1) is 12.9. The van der Waals surface area contributed by atoms with Gasteiger partial charge in [-0.15, -0.1) is 0 Å². The second-order valence-electron chi connectivity index (χ2n) is 5.66. The fourth-order valence-electron chi connectivity index (χ4n) is 2.55. The van der Waals surface area contributed by atoms with Gasteiger partial charge in [-0.2, -0.15) is 4.98 Å². The van der Waals surface area contributed by atoms with Crippen LogP contribution in [0.4, 0.5) is 5.95 Å². The number of nitrogen functional groups attached to an aromatic ring is 1. The summed E-state index contributed by atoms with van der Waals surface area (Å²) in [5.41, 5.74) is 4.73. The number of aromatic amines is 1. The monoisotopic (exact) mass is 459 g/mol. The lowest BCUT2D eigenvalue weighted by atomic mass is 10.1. The van der Waals surface area contributed by atoms with Crippen molar-refractivity contribution in [3.8, 4) is 0 Å². The second kappa shape index (κ2) is 7.51. The van der Waals surface area contributed by atoms with Crippen LogP contribution < -0.4 is 11.3 Å². The van der Waals surface area contributed by atoms with E-state index in [-0.39, 0.29) is 17.1 Å². The highest BCUT2D eigenvalue weighted by atomic mass is 32.5. The summed E-state index contributed by atoms with van der Waals surface area (Å²) in [6.45, 7) is -5.26. The Morgan fingerprint density at radius 3 is 2.68 bits per heavy atom. The van der Waals surface area contributed by atoms with Gasteiger partial charge in [-0.1, -0.05) is 0 Å². The van der Waals surface area contributed by atoms with E-state index in [0.717, 1.165) is 10.9 Å². The van der Waals surface area contributed by atoms with Crippen LogP contribution >= 0.6 is 14.5 Å². The van der Waals surface area contributed by atoms with Gasteiger partial charge in [-0.05, 0) is 11.8 Å². The van der Waals surface area contributed by atoms with Crippen molar-refractivity contribution in [3.63, 3.8) is 0 Å². The fourth-order valence-corrected chi connectivity index (χ4v) is 4.91. The number of phosphoric ester groups is 1. The van der Waals surface area contributed by atoms with Crippen LogP contribution in [0.1, 0.15) is 6.23 Å². The molecule has 18 heteroatoms. The van der Waals surface area contributed by atoms with Crippen molar-refractivity contribution in [2.75, 3.05) is 12.3 Å². The van der Waals surface area contributed by atoms with Gasteiger partial charge in [0.2, 0.25) is 5.95 Å². The van der Waals surface area contributed by atoms with E-state index in [9.17, 15) is 24.5 Å². The van der Waals surface area contributed by atoms with Crippen LogP contribution in [-0.4, -0.2) is 69.3 Å². The van der Waals surface area contributed by atoms with Crippen molar-refractivity contribution >= 4 is 43.5 Å². The molecule has 0 spiro atoms. The zero-order valence-corrected chi connectivity index (χ0v) is 16.2. The number of hydrogen-bond donors (Lipinski definition) is 7. The Balaban J connectivity index is 1.79. The predicted molar refractivity (Wildman–Crippen MR) is 94.1 cm³/mol. The van der Waals surface area contributed by atoms with Crippen LogP contribution in [0.15, 0.2) is 11.1 Å². The van der Waals surface area contributed by atoms with Crippen LogP contribution in [0, 0.1) is 0 Å². The van der Waals surface area contributed by atoms with Crippen LogP contribution in [0.2, 0.25) is 0 Å². The molecule has 5 unspecified atom stereocenters. The summed E-state index contributed by atoms with van der Waals surface area (Å²) in [6.07, 6.45) is -4.65. The van der Waals surface area contributed by atoms with Crippen LogP contribution in [0.5, 0.6) is 0 Å². The molecule has 15 nitrogen and oxygen atoms in total. The third kappa shape index (κ3) is 4.48. The number of aromatic nitrogens is 4. The molecule has 28 heavy (non-hydrogen) atoms. The quantitative estimate of drug-likeness (QED) is 0.224. The number of rotatable bonds is 6. The number of nitrogens with one attached hydrogen (secondary N) is 1. The summed E-state index contributed by atoms with van der Waals surface area (Å²) in [6, 6.07) is 0. The first kappa shape index (κ1) is 21.4. The summed E-state index contributed by atoms with van der Waals surface area (Å²) < 4.78 is 26.7. The molecule has 1 saturated heterocycles. The Morgan fingerprint density at radius 1 is 1.36 bits per heavy atom. The number of aliphatic hydroxyl groups excluding tert-OH is 2. The molecule has 156 valence electrons. The molecule has 2 aromatic rings. The van der Waals surface area contributed by atoms with Crippen molar-refractivity contribution in [3.05, 3.63) is 16.7 Å². The second-order valence-corrected chi connectivity index (χ2v) is 9.91. The number of aliphatic hydroxyl groups is 2. The zero-order chi connectivity index (χ0) is 20.9. The molecule has 0 bridgehead atoms. The Kier molecular flexibility index (Phi) is 5.75. The van der Waals surface area contributed by atoms with Gasteiger partial charge in [0.05, 0.1) is 12.9 Å². The van der Waals surface area contributed by atoms with Gasteiger partial charge >= 0.3 is 14.5 Å². The first-order valence-electron chi connectivity index (χ1n) is 7.36. The summed E-state index contributed by atoms with van der Waals surface area (Å²) in [5.74, 6) is -0.214. The summed E-state index contributed by atoms with van der Waals surface area (Å²) >= 11 is 4.07. The molecule has 1 aliphatic heterocycles. The smallest absolute Gasteiger partial charge is 0.387 e. The molecule has 0 aromatic carbocycles. The molecular formula is C10H15N5O10P2S. The van der Waals surface area contributed by atoms with E-state index in [2.05, 4.69) is 35.6 Å². The number of ether oxygens (including phenoxy) is 1. The summed E-state index contributed by atoms with van der Waals surface area (Å²) in [7, 11) is -4.97. The minimum Gasteiger partial charge on any atom is -0.387 e. The Morgan fingerprint density at radius 2 is 2.04 bits per heavy atom. The molecule has 1 aliphatic rings. The number of nitrogens with two attached hydrogens (primary N) is 1. The normalized spacial score (nSPS) is 27.9. The maximum Gasteiger partial charge on any atom is 0.479 e. The zero-order valence-electron chi connectivity index (χ0n) is 13.6. The van der Waals surface area contributed by atoms with Crippen LogP contribution in [0.25, 0.3) is 11.2 Å². The topological polar surface area (TPSA) is 235 Å². The number of fused-ring (bicyclic) bond motifs is 1. The largest absolute Gasteiger partial charge is 0.479 e. The highest BCUT2D eigenvalue weighted by Crippen LogP contribution is 2.58. The van der Waals surface area contributed by atoms with Gasteiger partial charge in [-0.3, -0.25) is 18.9 Å². The van der Waals surface area contributed by atoms with Gasteiger partial charge in [0.25, 0.3) is 5.56 Å². The summed E-state index contributed by atoms with van der Waals surface area (Å²) in [5, 5.41) is 20.3. The molecule has 3 rings (SSSR count). The Labute approximate surface area is 160 Å². The average molecular weight is 459 g/mol. The highest BCUT2D eigenvalue weighted by Gasteiger charge is 2.45. The van der Waals surface area contributed by atoms with Crippen molar-refractivity contribution in [2.24, 2.45) is 0 Å². The van der Waals surface area contributed by atoms with Gasteiger partial charge in [0, 0.05) is 0 Å². The average Bonchev–Trinajstić information content (AvgIpc) is 3.06. The van der Waals surface area contributed by atoms with E-state index in [0.29, 0.717) is 0 Å². The van der Waals surface area contributed by atoms with E-state index in [1.807, 2.05) is 0 Å². The van der Waals surface area contributed by atoms with Crippen LogP contribution in [-0.2, 0) is 29.9 Å². The number of anilines is 1. The third-order valence-electron chi connectivity index (χ3n) is 3.67. The van der Waals surface area contributed by atoms with E-state index in [4.69, 9.17) is 20.3 Å². The van der Waals surface area contributed by atoms with E-state index in [1.165, 1.54) is 0 Å². The van der Waals surface area contributed by atoms with Crippen molar-refractivity contribution in [1.82, 2.24) is 19.5 Å². The summed E-state index contributed by atoms with van der Waals surface area (Å²) in [4.78, 5) is 49.0. The minimum absolute atomic E-state index is 0.0310. The minimum atomic E-state index is -4.97. The van der Waals surface area contributed by atoms with Crippen molar-refractivity contribution < 1.29 is 43.0 Å². The molecular weight excluding hydrogens is 444 g/mol. The molecule has 3 heterocycles. The standard InChI is InChI=1S/C10H15N5O10P2S/c11-10-13-7-4(8(18)14-10)12-2-15(7)9-6(17)5(16)3(24-9)1-23-26(19,20)25-27(21,22)28/h2-3,5-6,9,16-17H,1H2,(H,19,20)(H2,21,22,28)(H3,11,13,14,18). The number of H-pyrrole nitrogens is 1. The van der Waals surface area contributed by atoms with Crippen LogP contribution in [0.3, 0.4) is 0 Å². The predicted octanol–water partition coefficient (Wildman–Crippen LogP) is -2.34. The molecule has 1 fully saturated rings. The number of imidazole rings is 1. The highest BCUT2D eigenvalue weighted by molar-refractivity contribution is 8.08. The van der Waals surface area contributed by atoms with E-state index in [1.54, 1.807) is 0 Å². The van der Waals surface area contributed by atoms with Crippen molar-refractivity contribution in [2.45, 2.75) is 24.5 Å². The lowest BCUT2D eigenvalue weighted by Gasteiger charge is -2.18. The lowest BCUT2D eigenvalue weighted by molar-refractivity contribution is -0.0502. The van der Waals surface area contributed by atoms with Gasteiger partial charge in [0.1, 0.15) is 18.3 Å². The van der Waals surface area contributed by atoms with Gasteiger partial charge in [-0.25, -0.2) is 13.9 Å². The molecule has 8 N–H and O–H groups in total. The SMILES string of the molecule is Nc1nc2c(ncn2C2OC(COP(=O)(O)OP(O)(O)=S)C(O)C2O)c(=O)[nH]1. The fraction of sp³-hybridized carbons (Fsp3) is 0.500. The lowest BCUT2D eigenvalue weighted by Crippen LogP contribution is -2.33. The maximum absolute atomic E-state index is 11.8.